The second kappa shape index (κ2) is 6.24. The number of carbonyl (C=O) groups is 2. The molecule has 0 aromatic heterocycles. The molecule has 0 spiro atoms. The lowest BCUT2D eigenvalue weighted by molar-refractivity contribution is -0.131. The van der Waals surface area contributed by atoms with Crippen molar-refractivity contribution in [3.63, 3.8) is 0 Å². The topological polar surface area (TPSA) is 58.6 Å². The van der Waals surface area contributed by atoms with Crippen molar-refractivity contribution >= 4 is 11.9 Å². The number of nitrogens with zero attached hydrogens (tertiary/aromatic N) is 1. The Bertz CT molecular complexity index is 829. The van der Waals surface area contributed by atoms with E-state index in [9.17, 15) is 9.59 Å². The molecule has 2 aromatic carbocycles. The van der Waals surface area contributed by atoms with E-state index in [1.807, 2.05) is 32.0 Å². The van der Waals surface area contributed by atoms with E-state index in [0.29, 0.717) is 5.75 Å². The summed E-state index contributed by atoms with van der Waals surface area (Å²) in [4.78, 5) is 26.8. The molecule has 1 atom stereocenters. The van der Waals surface area contributed by atoms with Crippen LogP contribution in [0.25, 0.3) is 0 Å². The van der Waals surface area contributed by atoms with E-state index in [1.54, 1.807) is 38.3 Å². The van der Waals surface area contributed by atoms with Gasteiger partial charge in [0, 0.05) is 0 Å². The van der Waals surface area contributed by atoms with E-state index < -0.39 is 5.54 Å². The van der Waals surface area contributed by atoms with Gasteiger partial charge in [-0.05, 0) is 49.6 Å². The average molecular weight is 338 g/mol. The van der Waals surface area contributed by atoms with E-state index in [-0.39, 0.29) is 18.5 Å². The van der Waals surface area contributed by atoms with Gasteiger partial charge in [0.05, 0.1) is 13.7 Å². The molecule has 25 heavy (non-hydrogen) atoms. The molecule has 5 nitrogen and oxygen atoms in total. The third kappa shape index (κ3) is 2.97. The third-order valence-corrected chi connectivity index (χ3v) is 4.78. The molecule has 0 bridgehead atoms. The molecule has 130 valence electrons. The van der Waals surface area contributed by atoms with Crippen LogP contribution in [0.3, 0.4) is 0 Å². The zero-order valence-electron chi connectivity index (χ0n) is 14.9. The van der Waals surface area contributed by atoms with Crippen LogP contribution in [0, 0.1) is 13.8 Å². The van der Waals surface area contributed by atoms with Crippen molar-refractivity contribution < 1.29 is 14.3 Å². The van der Waals surface area contributed by atoms with Gasteiger partial charge < -0.3 is 10.1 Å². The van der Waals surface area contributed by atoms with E-state index in [1.165, 1.54) is 4.90 Å². The van der Waals surface area contributed by atoms with Gasteiger partial charge in [-0.2, -0.15) is 0 Å². The van der Waals surface area contributed by atoms with Crippen molar-refractivity contribution in [3.8, 4) is 5.75 Å². The first kappa shape index (κ1) is 17.0. The normalized spacial score (nSPS) is 19.9. The Morgan fingerprint density at radius 3 is 2.40 bits per heavy atom. The molecule has 1 fully saturated rings. The number of rotatable bonds is 4. The van der Waals surface area contributed by atoms with Gasteiger partial charge in [0.1, 0.15) is 11.3 Å². The number of ether oxygens (including phenoxy) is 1. The maximum absolute atomic E-state index is 13.0. The zero-order chi connectivity index (χ0) is 18.2. The average Bonchev–Trinajstić information content (AvgIpc) is 2.82. The van der Waals surface area contributed by atoms with Gasteiger partial charge >= 0.3 is 6.03 Å². The molecule has 0 saturated carbocycles. The van der Waals surface area contributed by atoms with Crippen LogP contribution in [0.1, 0.15) is 29.2 Å². The molecule has 1 aliphatic rings. The van der Waals surface area contributed by atoms with Crippen molar-refractivity contribution in [1.82, 2.24) is 10.2 Å². The number of benzene rings is 2. The number of carbonyl (C=O) groups excluding carboxylic acids is 2. The van der Waals surface area contributed by atoms with Gasteiger partial charge in [-0.15, -0.1) is 0 Å². The molecule has 1 saturated heterocycles. The quantitative estimate of drug-likeness (QED) is 0.871. The van der Waals surface area contributed by atoms with Gasteiger partial charge in [0.25, 0.3) is 5.91 Å². The summed E-state index contributed by atoms with van der Waals surface area (Å²) in [6.07, 6.45) is 0. The Balaban J connectivity index is 1.89. The van der Waals surface area contributed by atoms with Crippen LogP contribution in [-0.2, 0) is 16.9 Å². The van der Waals surface area contributed by atoms with Crippen molar-refractivity contribution in [3.05, 3.63) is 64.7 Å². The van der Waals surface area contributed by atoms with Gasteiger partial charge in [0.15, 0.2) is 0 Å². The third-order valence-electron chi connectivity index (χ3n) is 4.78. The highest BCUT2D eigenvalue weighted by Crippen LogP contribution is 2.31. The summed E-state index contributed by atoms with van der Waals surface area (Å²) in [5.74, 6) is 0.458. The molecule has 2 aromatic rings. The number of aryl methyl sites for hydroxylation is 2. The van der Waals surface area contributed by atoms with E-state index in [4.69, 9.17) is 4.74 Å². The predicted molar refractivity (Wildman–Crippen MR) is 95.3 cm³/mol. The Morgan fingerprint density at radius 2 is 1.76 bits per heavy atom. The summed E-state index contributed by atoms with van der Waals surface area (Å²) in [6.45, 7) is 5.98. The molecule has 1 heterocycles. The number of urea groups is 1. The highest BCUT2D eigenvalue weighted by atomic mass is 16.5. The molecule has 0 radical (unpaired) electrons. The Kier molecular flexibility index (Phi) is 4.25. The van der Waals surface area contributed by atoms with Crippen molar-refractivity contribution in [2.75, 3.05) is 7.11 Å². The zero-order valence-corrected chi connectivity index (χ0v) is 14.9. The van der Waals surface area contributed by atoms with Crippen LogP contribution in [0.4, 0.5) is 4.79 Å². The standard InChI is InChI=1S/C20H22N2O3/c1-13-5-6-14(2)15(11-13)12-22-18(23)20(3,21-19(22)24)16-7-9-17(25-4)10-8-16/h5-11H,12H2,1-4H3,(H,21,24). The van der Waals surface area contributed by atoms with Crippen LogP contribution < -0.4 is 10.1 Å². The Morgan fingerprint density at radius 1 is 1.08 bits per heavy atom. The van der Waals surface area contributed by atoms with Crippen LogP contribution in [0.15, 0.2) is 42.5 Å². The number of nitrogens with one attached hydrogen (secondary N) is 1. The smallest absolute Gasteiger partial charge is 0.325 e. The van der Waals surface area contributed by atoms with Crippen molar-refractivity contribution in [2.45, 2.75) is 32.9 Å². The fraction of sp³-hybridized carbons (Fsp3) is 0.300. The van der Waals surface area contributed by atoms with Crippen LogP contribution in [0.2, 0.25) is 0 Å². The lowest BCUT2D eigenvalue weighted by Gasteiger charge is -2.22. The number of methoxy groups -OCH3 is 1. The second-order valence-electron chi connectivity index (χ2n) is 6.60. The number of hydrogen-bond donors (Lipinski definition) is 1. The van der Waals surface area contributed by atoms with Gasteiger partial charge in [-0.3, -0.25) is 9.69 Å². The first-order chi connectivity index (χ1) is 11.8. The first-order valence-corrected chi connectivity index (χ1v) is 8.20. The van der Waals surface area contributed by atoms with E-state index in [2.05, 4.69) is 5.32 Å². The fourth-order valence-corrected chi connectivity index (χ4v) is 3.10. The predicted octanol–water partition coefficient (Wildman–Crippen LogP) is 3.28. The van der Waals surface area contributed by atoms with Crippen LogP contribution in [0.5, 0.6) is 5.75 Å². The molecule has 1 N–H and O–H groups in total. The Labute approximate surface area is 147 Å². The summed E-state index contributed by atoms with van der Waals surface area (Å²) in [5, 5.41) is 2.83. The second-order valence-corrected chi connectivity index (χ2v) is 6.60. The molecule has 0 aliphatic carbocycles. The van der Waals surface area contributed by atoms with Crippen LogP contribution >= 0.6 is 0 Å². The van der Waals surface area contributed by atoms with Crippen LogP contribution in [-0.4, -0.2) is 23.9 Å². The summed E-state index contributed by atoms with van der Waals surface area (Å²) < 4.78 is 5.15. The molecular weight excluding hydrogens is 316 g/mol. The SMILES string of the molecule is COc1ccc(C2(C)NC(=O)N(Cc3cc(C)ccc3C)C2=O)cc1. The molecular formula is C20H22N2O3. The van der Waals surface area contributed by atoms with Gasteiger partial charge in [-0.25, -0.2) is 4.79 Å². The molecule has 3 amide bonds. The summed E-state index contributed by atoms with van der Waals surface area (Å²) >= 11 is 0. The van der Waals surface area contributed by atoms with Crippen molar-refractivity contribution in [2.24, 2.45) is 0 Å². The minimum Gasteiger partial charge on any atom is -0.497 e. The first-order valence-electron chi connectivity index (χ1n) is 8.20. The summed E-state index contributed by atoms with van der Waals surface area (Å²) in [7, 11) is 1.59. The minimum atomic E-state index is -1.07. The van der Waals surface area contributed by atoms with Gasteiger partial charge in [-0.1, -0.05) is 35.9 Å². The lowest BCUT2D eigenvalue weighted by Crippen LogP contribution is -2.40. The number of hydrogen-bond acceptors (Lipinski definition) is 3. The minimum absolute atomic E-state index is 0.247. The fourth-order valence-electron chi connectivity index (χ4n) is 3.10. The molecule has 3 rings (SSSR count). The number of imide groups is 1. The maximum Gasteiger partial charge on any atom is 0.325 e. The highest BCUT2D eigenvalue weighted by molar-refractivity contribution is 6.07. The molecule has 5 heteroatoms. The maximum atomic E-state index is 13.0. The largest absolute Gasteiger partial charge is 0.497 e. The number of amides is 3. The molecule has 1 aliphatic heterocycles. The van der Waals surface area contributed by atoms with E-state index >= 15 is 0 Å². The monoisotopic (exact) mass is 338 g/mol. The van der Waals surface area contributed by atoms with Crippen molar-refractivity contribution in [1.29, 1.82) is 0 Å². The molecule has 1 unspecified atom stereocenters. The lowest BCUT2D eigenvalue weighted by atomic mass is 9.92. The summed E-state index contributed by atoms with van der Waals surface area (Å²) in [6, 6.07) is 12.8. The van der Waals surface area contributed by atoms with Gasteiger partial charge in [0.2, 0.25) is 0 Å². The Hall–Kier alpha value is -2.82. The summed E-state index contributed by atoms with van der Waals surface area (Å²) in [5.41, 5.74) is 2.80. The van der Waals surface area contributed by atoms with E-state index in [0.717, 1.165) is 22.3 Å². The highest BCUT2D eigenvalue weighted by Gasteiger charge is 2.48.